The molecule has 0 spiro atoms. The van der Waals surface area contributed by atoms with E-state index in [1.165, 1.54) is 0 Å². The molecule has 0 amide bonds. The van der Waals surface area contributed by atoms with Crippen molar-refractivity contribution in [2.75, 3.05) is 6.61 Å². The lowest BCUT2D eigenvalue weighted by atomic mass is 10.5. The third-order valence-electron chi connectivity index (χ3n) is 0.484. The van der Waals surface area contributed by atoms with Crippen molar-refractivity contribution in [1.29, 1.82) is 0 Å². The molecule has 0 heterocycles. The van der Waals surface area contributed by atoms with Gasteiger partial charge in [-0.05, 0) is 13.8 Å². The van der Waals surface area contributed by atoms with Crippen LogP contribution in [0.3, 0.4) is 0 Å². The van der Waals surface area contributed by atoms with Gasteiger partial charge < -0.3 is 9.84 Å². The summed E-state index contributed by atoms with van der Waals surface area (Å²) in [6, 6.07) is 0. The molecule has 47 valence electrons. The van der Waals surface area contributed by atoms with Crippen LogP contribution in [0.1, 0.15) is 13.8 Å². The van der Waals surface area contributed by atoms with Gasteiger partial charge in [-0.1, -0.05) is 0 Å². The fourth-order valence-corrected chi connectivity index (χ4v) is 0.206. The van der Waals surface area contributed by atoms with Crippen LogP contribution in [0.4, 0.5) is 0 Å². The first-order valence-corrected chi connectivity index (χ1v) is 2.27. The summed E-state index contributed by atoms with van der Waals surface area (Å²) in [5.74, 6) is -0.939. The molecule has 0 aliphatic carbocycles. The maximum Gasteiger partial charge on any atom is 0.329 e. The average molecular weight is 117 g/mol. The third kappa shape index (κ3) is 5.43. The molecule has 0 rings (SSSR count). The molecular formula is C5H9O3. The molecule has 8 heavy (non-hydrogen) atoms. The van der Waals surface area contributed by atoms with Crippen molar-refractivity contribution in [3.05, 3.63) is 6.10 Å². The summed E-state index contributed by atoms with van der Waals surface area (Å²) in [6.45, 7) is 3.19. The summed E-state index contributed by atoms with van der Waals surface area (Å²) in [4.78, 5) is 9.77. The van der Waals surface area contributed by atoms with E-state index in [0.29, 0.717) is 6.10 Å². The normalized spacial score (nSPS) is 9.88. The topological polar surface area (TPSA) is 46.5 Å². The highest BCUT2D eigenvalue weighted by Gasteiger charge is 1.98. The van der Waals surface area contributed by atoms with Gasteiger partial charge in [-0.15, -0.1) is 0 Å². The Labute approximate surface area is 48.3 Å². The van der Waals surface area contributed by atoms with Crippen molar-refractivity contribution in [3.63, 3.8) is 0 Å². The predicted molar refractivity (Wildman–Crippen MR) is 28.2 cm³/mol. The van der Waals surface area contributed by atoms with Crippen LogP contribution in [0.15, 0.2) is 0 Å². The zero-order chi connectivity index (χ0) is 6.57. The molecule has 0 aromatic rings. The van der Waals surface area contributed by atoms with E-state index in [1.807, 2.05) is 0 Å². The molecule has 0 aromatic carbocycles. The first-order valence-electron chi connectivity index (χ1n) is 2.27. The predicted octanol–water partition coefficient (Wildman–Crippen LogP) is 0.659. The number of carbonyl (C=O) groups is 1. The molecule has 3 nitrogen and oxygen atoms in total. The summed E-state index contributed by atoms with van der Waals surface area (Å²) < 4.78 is 4.62. The van der Waals surface area contributed by atoms with E-state index < -0.39 is 5.97 Å². The summed E-state index contributed by atoms with van der Waals surface area (Å²) in [6.07, 6.45) is 0.674. The minimum Gasteiger partial charge on any atom is -0.480 e. The van der Waals surface area contributed by atoms with Gasteiger partial charge in [0.15, 0.2) is 0 Å². The average Bonchev–Trinajstić information content (AvgIpc) is 1.61. The molecule has 0 saturated carbocycles. The number of hydrogen-bond donors (Lipinski definition) is 1. The third-order valence-corrected chi connectivity index (χ3v) is 0.484. The number of carboxylic acids is 1. The summed E-state index contributed by atoms with van der Waals surface area (Å²) in [7, 11) is 0. The van der Waals surface area contributed by atoms with Crippen LogP contribution in [0.2, 0.25) is 0 Å². The van der Waals surface area contributed by atoms with Crippen LogP contribution in [0.25, 0.3) is 0 Å². The standard InChI is InChI=1S/C5H9O3/c1-4(2)8-3-5(6)7/h3H2,1-2H3,(H,6,7). The van der Waals surface area contributed by atoms with Gasteiger partial charge in [0.2, 0.25) is 0 Å². The number of carboxylic acid groups (broad SMARTS) is 1. The van der Waals surface area contributed by atoms with Crippen molar-refractivity contribution in [3.8, 4) is 0 Å². The number of aliphatic carboxylic acids is 1. The van der Waals surface area contributed by atoms with E-state index in [-0.39, 0.29) is 6.61 Å². The Bertz CT molecular complexity index is 77.7. The first kappa shape index (κ1) is 7.43. The molecular weight excluding hydrogens is 108 g/mol. The van der Waals surface area contributed by atoms with Gasteiger partial charge in [0.25, 0.3) is 0 Å². The Morgan fingerprint density at radius 2 is 2.12 bits per heavy atom. The van der Waals surface area contributed by atoms with Crippen LogP contribution in [0.5, 0.6) is 0 Å². The van der Waals surface area contributed by atoms with Crippen molar-refractivity contribution in [2.45, 2.75) is 13.8 Å². The lowest BCUT2D eigenvalue weighted by Gasteiger charge is -2.00. The SMILES string of the molecule is C[C](C)OCC(=O)O. The first-order chi connectivity index (χ1) is 3.63. The Morgan fingerprint density at radius 3 is 2.25 bits per heavy atom. The second-order valence-electron chi connectivity index (χ2n) is 1.59. The Kier molecular flexibility index (Phi) is 3.19. The lowest BCUT2D eigenvalue weighted by molar-refractivity contribution is -0.141. The highest BCUT2D eigenvalue weighted by molar-refractivity contribution is 5.68. The molecule has 3 heteroatoms. The van der Waals surface area contributed by atoms with Crippen molar-refractivity contribution in [2.24, 2.45) is 0 Å². The van der Waals surface area contributed by atoms with Gasteiger partial charge in [0.1, 0.15) is 6.61 Å². The van der Waals surface area contributed by atoms with E-state index in [0.717, 1.165) is 0 Å². The van der Waals surface area contributed by atoms with E-state index in [1.54, 1.807) is 13.8 Å². The number of ether oxygens (including phenoxy) is 1. The van der Waals surface area contributed by atoms with Crippen LogP contribution < -0.4 is 0 Å². The summed E-state index contributed by atoms with van der Waals surface area (Å²) in [5, 5.41) is 8.02. The van der Waals surface area contributed by atoms with Crippen LogP contribution in [0, 0.1) is 6.10 Å². The van der Waals surface area contributed by atoms with Gasteiger partial charge in [-0.3, -0.25) is 0 Å². The Balaban J connectivity index is 3.05. The number of hydrogen-bond acceptors (Lipinski definition) is 2. The van der Waals surface area contributed by atoms with Crippen molar-refractivity contribution in [1.82, 2.24) is 0 Å². The fraction of sp³-hybridized carbons (Fsp3) is 0.600. The molecule has 0 saturated heterocycles. The summed E-state index contributed by atoms with van der Waals surface area (Å²) in [5.41, 5.74) is 0. The van der Waals surface area contributed by atoms with Crippen LogP contribution >= 0.6 is 0 Å². The smallest absolute Gasteiger partial charge is 0.329 e. The van der Waals surface area contributed by atoms with Crippen LogP contribution in [-0.4, -0.2) is 17.7 Å². The highest BCUT2D eigenvalue weighted by atomic mass is 16.5. The molecule has 1 radical (unpaired) electrons. The minimum atomic E-state index is -0.939. The minimum absolute atomic E-state index is 0.234. The molecule has 1 N–H and O–H groups in total. The Hall–Kier alpha value is -0.570. The summed E-state index contributed by atoms with van der Waals surface area (Å²) >= 11 is 0. The monoisotopic (exact) mass is 117 g/mol. The fourth-order valence-electron chi connectivity index (χ4n) is 0.206. The van der Waals surface area contributed by atoms with Gasteiger partial charge >= 0.3 is 5.97 Å². The maximum absolute atomic E-state index is 9.77. The van der Waals surface area contributed by atoms with Gasteiger partial charge in [0, 0.05) is 0 Å². The molecule has 0 bridgehead atoms. The quantitative estimate of drug-likeness (QED) is 0.590. The van der Waals surface area contributed by atoms with E-state index in [4.69, 9.17) is 5.11 Å². The molecule has 0 atom stereocenters. The molecule has 0 fully saturated rings. The van der Waals surface area contributed by atoms with Crippen molar-refractivity contribution < 1.29 is 14.6 Å². The van der Waals surface area contributed by atoms with Gasteiger partial charge in [0.05, 0.1) is 6.10 Å². The highest BCUT2D eigenvalue weighted by Crippen LogP contribution is 1.94. The van der Waals surface area contributed by atoms with Crippen LogP contribution in [-0.2, 0) is 9.53 Å². The van der Waals surface area contributed by atoms with E-state index in [2.05, 4.69) is 4.74 Å². The van der Waals surface area contributed by atoms with Crippen molar-refractivity contribution >= 4 is 5.97 Å². The largest absolute Gasteiger partial charge is 0.480 e. The zero-order valence-corrected chi connectivity index (χ0v) is 4.97. The zero-order valence-electron chi connectivity index (χ0n) is 4.97. The lowest BCUT2D eigenvalue weighted by Crippen LogP contribution is -2.07. The molecule has 0 aliphatic rings. The molecule has 0 aromatic heterocycles. The second kappa shape index (κ2) is 3.43. The second-order valence-corrected chi connectivity index (χ2v) is 1.59. The Morgan fingerprint density at radius 1 is 1.62 bits per heavy atom. The van der Waals surface area contributed by atoms with E-state index in [9.17, 15) is 4.79 Å². The molecule has 0 unspecified atom stereocenters. The maximum atomic E-state index is 9.77. The van der Waals surface area contributed by atoms with E-state index >= 15 is 0 Å². The van der Waals surface area contributed by atoms with Gasteiger partial charge in [-0.25, -0.2) is 4.79 Å². The van der Waals surface area contributed by atoms with Gasteiger partial charge in [-0.2, -0.15) is 0 Å². The molecule has 0 aliphatic heterocycles. The number of rotatable bonds is 3.